The van der Waals surface area contributed by atoms with Gasteiger partial charge in [0, 0.05) is 12.2 Å². The van der Waals surface area contributed by atoms with Gasteiger partial charge in [-0.1, -0.05) is 12.8 Å². The van der Waals surface area contributed by atoms with E-state index in [0.717, 1.165) is 18.7 Å². The zero-order valence-corrected chi connectivity index (χ0v) is 12.5. The maximum Gasteiger partial charge on any atom is 0.137 e. The highest BCUT2D eigenvalue weighted by atomic mass is 79.9. The second-order valence-electron chi connectivity index (χ2n) is 5.68. The maximum absolute atomic E-state index is 13.1. The molecular weight excluding hydrogens is 309 g/mol. The van der Waals surface area contributed by atoms with Crippen LogP contribution in [0.25, 0.3) is 0 Å². The van der Waals surface area contributed by atoms with Crippen LogP contribution in [-0.4, -0.2) is 18.2 Å². The van der Waals surface area contributed by atoms with Crippen LogP contribution in [0.15, 0.2) is 22.7 Å². The molecule has 1 atom stereocenters. The number of hydrogen-bond donors (Lipinski definition) is 1. The van der Waals surface area contributed by atoms with E-state index in [0.29, 0.717) is 10.6 Å². The molecule has 0 radical (unpaired) electrons. The first kappa shape index (κ1) is 13.4. The van der Waals surface area contributed by atoms with Crippen LogP contribution in [0.1, 0.15) is 38.5 Å². The average molecular weight is 328 g/mol. The minimum atomic E-state index is -0.229. The standard InChI is InChI=1S/C15H19BrFNO/c16-13-9-11(3-4-14(13)17)18-10-12-5-8-15(19-12)6-1-2-7-15/h3-4,9,12,18H,1-2,5-8,10H2. The van der Waals surface area contributed by atoms with E-state index < -0.39 is 0 Å². The molecule has 3 rings (SSSR count). The fourth-order valence-electron chi connectivity index (χ4n) is 3.26. The van der Waals surface area contributed by atoms with Gasteiger partial charge in [-0.3, -0.25) is 0 Å². The summed E-state index contributed by atoms with van der Waals surface area (Å²) < 4.78 is 19.9. The molecule has 2 fully saturated rings. The second kappa shape index (κ2) is 5.41. The lowest BCUT2D eigenvalue weighted by molar-refractivity contribution is -0.0307. The SMILES string of the molecule is Fc1ccc(NCC2CCC3(CCCC3)O2)cc1Br. The summed E-state index contributed by atoms with van der Waals surface area (Å²) in [6, 6.07) is 5.01. The lowest BCUT2D eigenvalue weighted by Gasteiger charge is -2.24. The minimum Gasteiger partial charge on any atom is -0.382 e. The Morgan fingerprint density at radius 1 is 1.32 bits per heavy atom. The van der Waals surface area contributed by atoms with Gasteiger partial charge >= 0.3 is 0 Å². The number of ether oxygens (including phenoxy) is 1. The number of hydrogen-bond acceptors (Lipinski definition) is 2. The van der Waals surface area contributed by atoms with Crippen LogP contribution in [0, 0.1) is 5.82 Å². The topological polar surface area (TPSA) is 21.3 Å². The van der Waals surface area contributed by atoms with Crippen molar-refractivity contribution in [3.63, 3.8) is 0 Å². The van der Waals surface area contributed by atoms with E-state index in [9.17, 15) is 4.39 Å². The highest BCUT2D eigenvalue weighted by molar-refractivity contribution is 9.10. The van der Waals surface area contributed by atoms with E-state index in [1.165, 1.54) is 38.2 Å². The van der Waals surface area contributed by atoms with Crippen LogP contribution in [0.2, 0.25) is 0 Å². The van der Waals surface area contributed by atoms with Gasteiger partial charge in [0.1, 0.15) is 5.82 Å². The average Bonchev–Trinajstić information content (AvgIpc) is 3.02. The monoisotopic (exact) mass is 327 g/mol. The van der Waals surface area contributed by atoms with E-state index in [-0.39, 0.29) is 11.4 Å². The number of benzene rings is 1. The number of anilines is 1. The van der Waals surface area contributed by atoms with Crippen LogP contribution in [0.3, 0.4) is 0 Å². The largest absolute Gasteiger partial charge is 0.382 e. The van der Waals surface area contributed by atoms with E-state index in [1.54, 1.807) is 12.1 Å². The Morgan fingerprint density at radius 3 is 2.84 bits per heavy atom. The van der Waals surface area contributed by atoms with E-state index >= 15 is 0 Å². The molecule has 0 aromatic heterocycles. The van der Waals surface area contributed by atoms with E-state index in [2.05, 4.69) is 21.2 Å². The van der Waals surface area contributed by atoms with Crippen molar-refractivity contribution in [3.8, 4) is 0 Å². The molecule has 0 bridgehead atoms. The Balaban J connectivity index is 1.54. The predicted molar refractivity (Wildman–Crippen MR) is 77.9 cm³/mol. The molecule has 1 N–H and O–H groups in total. The second-order valence-corrected chi connectivity index (χ2v) is 6.53. The van der Waals surface area contributed by atoms with Gasteiger partial charge in [0.25, 0.3) is 0 Å². The minimum absolute atomic E-state index is 0.190. The number of rotatable bonds is 3. The molecule has 1 saturated heterocycles. The third-order valence-corrected chi connectivity index (χ3v) is 4.91. The molecule has 19 heavy (non-hydrogen) atoms. The zero-order chi connectivity index (χ0) is 13.3. The summed E-state index contributed by atoms with van der Waals surface area (Å²) in [7, 11) is 0. The summed E-state index contributed by atoms with van der Waals surface area (Å²) in [5.74, 6) is -0.229. The molecule has 2 aliphatic rings. The van der Waals surface area contributed by atoms with Gasteiger partial charge in [-0.25, -0.2) is 4.39 Å². The fraction of sp³-hybridized carbons (Fsp3) is 0.600. The Hall–Kier alpha value is -0.610. The molecule has 1 aromatic rings. The van der Waals surface area contributed by atoms with Gasteiger partial charge in [0.05, 0.1) is 16.2 Å². The molecular formula is C15H19BrFNO. The first-order valence-electron chi connectivity index (χ1n) is 7.04. The lowest BCUT2D eigenvalue weighted by atomic mass is 9.98. The van der Waals surface area contributed by atoms with Crippen molar-refractivity contribution < 1.29 is 9.13 Å². The molecule has 1 spiro atoms. The van der Waals surface area contributed by atoms with Crippen molar-refractivity contribution in [2.24, 2.45) is 0 Å². The van der Waals surface area contributed by atoms with Crippen molar-refractivity contribution >= 4 is 21.6 Å². The van der Waals surface area contributed by atoms with Crippen LogP contribution in [0.5, 0.6) is 0 Å². The Bertz CT molecular complexity index is 459. The third-order valence-electron chi connectivity index (χ3n) is 4.31. The van der Waals surface area contributed by atoms with Crippen LogP contribution in [-0.2, 0) is 4.74 Å². The van der Waals surface area contributed by atoms with Gasteiger partial charge in [-0.05, 0) is 59.8 Å². The summed E-state index contributed by atoms with van der Waals surface area (Å²) in [5, 5.41) is 3.34. The van der Waals surface area contributed by atoms with Crippen molar-refractivity contribution in [3.05, 3.63) is 28.5 Å². The van der Waals surface area contributed by atoms with Gasteiger partial charge in [0.2, 0.25) is 0 Å². The highest BCUT2D eigenvalue weighted by Gasteiger charge is 2.41. The fourth-order valence-corrected chi connectivity index (χ4v) is 3.64. The zero-order valence-electron chi connectivity index (χ0n) is 10.9. The van der Waals surface area contributed by atoms with E-state index in [1.807, 2.05) is 0 Å². The summed E-state index contributed by atoms with van der Waals surface area (Å²) in [6.45, 7) is 0.805. The predicted octanol–water partition coefficient (Wildman–Crippen LogP) is 4.49. The van der Waals surface area contributed by atoms with Crippen molar-refractivity contribution in [1.82, 2.24) is 0 Å². The lowest BCUT2D eigenvalue weighted by Crippen LogP contribution is -2.27. The highest BCUT2D eigenvalue weighted by Crippen LogP contribution is 2.43. The molecule has 4 heteroatoms. The van der Waals surface area contributed by atoms with Crippen LogP contribution < -0.4 is 5.32 Å². The van der Waals surface area contributed by atoms with Crippen molar-refractivity contribution in [2.45, 2.75) is 50.2 Å². The number of halogens is 2. The molecule has 1 aliphatic heterocycles. The molecule has 2 nitrogen and oxygen atoms in total. The Kier molecular flexibility index (Phi) is 3.81. The van der Waals surface area contributed by atoms with Gasteiger partial charge < -0.3 is 10.1 Å². The van der Waals surface area contributed by atoms with Crippen molar-refractivity contribution in [1.29, 1.82) is 0 Å². The maximum atomic E-state index is 13.1. The van der Waals surface area contributed by atoms with Crippen LogP contribution >= 0.6 is 15.9 Å². The molecule has 1 aliphatic carbocycles. The first-order valence-corrected chi connectivity index (χ1v) is 7.83. The van der Waals surface area contributed by atoms with Gasteiger partial charge in [-0.15, -0.1) is 0 Å². The number of nitrogens with one attached hydrogen (secondary N) is 1. The van der Waals surface area contributed by atoms with Crippen molar-refractivity contribution in [2.75, 3.05) is 11.9 Å². The van der Waals surface area contributed by atoms with E-state index in [4.69, 9.17) is 4.74 Å². The molecule has 1 saturated carbocycles. The molecule has 0 amide bonds. The Labute approximate surface area is 121 Å². The first-order chi connectivity index (χ1) is 9.17. The third kappa shape index (κ3) is 2.95. The Morgan fingerprint density at radius 2 is 2.11 bits per heavy atom. The van der Waals surface area contributed by atoms with Gasteiger partial charge in [-0.2, -0.15) is 0 Å². The summed E-state index contributed by atoms with van der Waals surface area (Å²) in [5.41, 5.74) is 1.12. The molecule has 1 aromatic carbocycles. The smallest absolute Gasteiger partial charge is 0.137 e. The normalized spacial score (nSPS) is 25.1. The van der Waals surface area contributed by atoms with Gasteiger partial charge in [0.15, 0.2) is 0 Å². The summed E-state index contributed by atoms with van der Waals surface area (Å²) in [6.07, 6.45) is 7.71. The molecule has 104 valence electrons. The molecule has 1 unspecified atom stereocenters. The quantitative estimate of drug-likeness (QED) is 0.883. The summed E-state index contributed by atoms with van der Waals surface area (Å²) in [4.78, 5) is 0. The summed E-state index contributed by atoms with van der Waals surface area (Å²) >= 11 is 3.20. The van der Waals surface area contributed by atoms with Crippen LogP contribution in [0.4, 0.5) is 10.1 Å². The molecule has 1 heterocycles.